The van der Waals surface area contributed by atoms with Gasteiger partial charge in [0.1, 0.15) is 11.5 Å². The van der Waals surface area contributed by atoms with Gasteiger partial charge in [0, 0.05) is 11.8 Å². The van der Waals surface area contributed by atoms with E-state index >= 15 is 0 Å². The second-order valence-corrected chi connectivity index (χ2v) is 5.83. The van der Waals surface area contributed by atoms with E-state index in [-0.39, 0.29) is 0 Å². The normalized spacial score (nSPS) is 10.3. The smallest absolute Gasteiger partial charge is 0.175 e. The molecule has 2 rings (SSSR count). The maximum absolute atomic E-state index is 5.39. The van der Waals surface area contributed by atoms with Crippen molar-refractivity contribution in [1.82, 2.24) is 0 Å². The summed E-state index contributed by atoms with van der Waals surface area (Å²) in [6, 6.07) is 13.8. The molecule has 0 aliphatic heterocycles. The minimum absolute atomic E-state index is 0.472. The van der Waals surface area contributed by atoms with Crippen molar-refractivity contribution in [2.24, 2.45) is 0 Å². The minimum Gasteiger partial charge on any atom is -0.497 e. The van der Waals surface area contributed by atoms with Crippen LogP contribution in [-0.2, 0) is 0 Å². The first-order valence-corrected chi connectivity index (χ1v) is 7.84. The van der Waals surface area contributed by atoms with E-state index in [2.05, 4.69) is 36.6 Å². The lowest BCUT2D eigenvalue weighted by molar-refractivity contribution is 0.395. The first kappa shape index (κ1) is 17.1. The third-order valence-corrected chi connectivity index (χ3v) is 3.67. The quantitative estimate of drug-likeness (QED) is 0.782. The van der Waals surface area contributed by atoms with E-state index in [0.717, 1.165) is 17.1 Å². The van der Waals surface area contributed by atoms with Crippen molar-refractivity contribution in [2.45, 2.75) is 19.8 Å². The summed E-state index contributed by atoms with van der Waals surface area (Å²) in [5.41, 5.74) is 3.01. The molecule has 0 fully saturated rings. The Hall–Kier alpha value is -2.27. The van der Waals surface area contributed by atoms with Crippen molar-refractivity contribution in [2.75, 3.05) is 24.9 Å². The molecule has 23 heavy (non-hydrogen) atoms. The second kappa shape index (κ2) is 7.83. The van der Waals surface area contributed by atoms with Crippen molar-refractivity contribution >= 4 is 28.7 Å². The Labute approximate surface area is 142 Å². The third kappa shape index (κ3) is 4.60. The number of ether oxygens (including phenoxy) is 2. The average Bonchev–Trinajstić information content (AvgIpc) is 2.55. The molecule has 0 radical (unpaired) electrons. The van der Waals surface area contributed by atoms with Gasteiger partial charge in [-0.2, -0.15) is 0 Å². The van der Waals surface area contributed by atoms with Crippen molar-refractivity contribution in [3.8, 4) is 11.5 Å². The molecule has 0 aliphatic carbocycles. The van der Waals surface area contributed by atoms with Gasteiger partial charge in [-0.05, 0) is 48.0 Å². The Morgan fingerprint density at radius 1 is 1.00 bits per heavy atom. The van der Waals surface area contributed by atoms with Crippen LogP contribution < -0.4 is 20.1 Å². The summed E-state index contributed by atoms with van der Waals surface area (Å²) in [6.07, 6.45) is 0. The van der Waals surface area contributed by atoms with Crippen LogP contribution >= 0.6 is 12.2 Å². The second-order valence-electron chi connectivity index (χ2n) is 5.43. The zero-order chi connectivity index (χ0) is 16.8. The van der Waals surface area contributed by atoms with E-state index in [1.165, 1.54) is 5.56 Å². The Morgan fingerprint density at radius 3 is 2.43 bits per heavy atom. The van der Waals surface area contributed by atoms with E-state index < -0.39 is 0 Å². The van der Waals surface area contributed by atoms with E-state index in [1.807, 2.05) is 30.3 Å². The van der Waals surface area contributed by atoms with Crippen LogP contribution in [-0.4, -0.2) is 19.3 Å². The van der Waals surface area contributed by atoms with Crippen LogP contribution in [0.15, 0.2) is 42.5 Å². The fourth-order valence-electron chi connectivity index (χ4n) is 2.16. The van der Waals surface area contributed by atoms with Gasteiger partial charge in [0.15, 0.2) is 5.11 Å². The van der Waals surface area contributed by atoms with Gasteiger partial charge < -0.3 is 20.1 Å². The van der Waals surface area contributed by atoms with E-state index in [4.69, 9.17) is 21.7 Å². The maximum atomic E-state index is 5.39. The summed E-state index contributed by atoms with van der Waals surface area (Å²) in [7, 11) is 3.23. The molecule has 5 heteroatoms. The lowest BCUT2D eigenvalue weighted by Crippen LogP contribution is -2.19. The molecule has 0 aliphatic rings. The van der Waals surface area contributed by atoms with E-state index in [1.54, 1.807) is 14.2 Å². The lowest BCUT2D eigenvalue weighted by Gasteiger charge is -2.15. The average molecular weight is 330 g/mol. The minimum atomic E-state index is 0.472. The summed E-state index contributed by atoms with van der Waals surface area (Å²) in [5.74, 6) is 1.88. The van der Waals surface area contributed by atoms with Gasteiger partial charge in [0.05, 0.1) is 19.9 Å². The molecule has 2 aromatic rings. The third-order valence-electron chi connectivity index (χ3n) is 3.47. The fraction of sp³-hybridized carbons (Fsp3) is 0.278. The zero-order valence-corrected chi connectivity index (χ0v) is 14.7. The number of methoxy groups -OCH3 is 2. The van der Waals surface area contributed by atoms with Gasteiger partial charge in [-0.1, -0.05) is 26.0 Å². The lowest BCUT2D eigenvalue weighted by atomic mass is 10.0. The molecule has 0 spiro atoms. The van der Waals surface area contributed by atoms with Gasteiger partial charge in [-0.3, -0.25) is 0 Å². The number of hydrogen-bond donors (Lipinski definition) is 2. The fourth-order valence-corrected chi connectivity index (χ4v) is 2.39. The van der Waals surface area contributed by atoms with Crippen LogP contribution in [0.1, 0.15) is 25.3 Å². The van der Waals surface area contributed by atoms with E-state index in [0.29, 0.717) is 16.8 Å². The predicted octanol–water partition coefficient (Wildman–Crippen LogP) is 4.64. The molecular formula is C18H22N2O2S. The molecule has 0 amide bonds. The molecule has 0 unspecified atom stereocenters. The van der Waals surface area contributed by atoms with Gasteiger partial charge in [0.25, 0.3) is 0 Å². The Morgan fingerprint density at radius 2 is 1.78 bits per heavy atom. The van der Waals surface area contributed by atoms with Crippen molar-refractivity contribution in [3.63, 3.8) is 0 Å². The monoisotopic (exact) mass is 330 g/mol. The van der Waals surface area contributed by atoms with Crippen LogP contribution in [0.25, 0.3) is 0 Å². The number of hydrogen-bond acceptors (Lipinski definition) is 3. The molecule has 0 bridgehead atoms. The molecule has 2 N–H and O–H groups in total. The van der Waals surface area contributed by atoms with Gasteiger partial charge in [-0.15, -0.1) is 0 Å². The molecule has 0 atom stereocenters. The van der Waals surface area contributed by atoms with Gasteiger partial charge in [-0.25, -0.2) is 0 Å². The molecule has 0 aromatic heterocycles. The topological polar surface area (TPSA) is 42.5 Å². The summed E-state index contributed by atoms with van der Waals surface area (Å²) < 4.78 is 10.6. The largest absolute Gasteiger partial charge is 0.497 e. The summed E-state index contributed by atoms with van der Waals surface area (Å²) in [6.45, 7) is 4.33. The molecule has 122 valence electrons. The number of anilines is 2. The van der Waals surface area contributed by atoms with Crippen LogP contribution in [0.5, 0.6) is 11.5 Å². The molecule has 0 saturated carbocycles. The highest BCUT2D eigenvalue weighted by Gasteiger charge is 2.07. The van der Waals surface area contributed by atoms with Crippen LogP contribution in [0, 0.1) is 0 Å². The Bertz CT molecular complexity index is 686. The van der Waals surface area contributed by atoms with Crippen molar-refractivity contribution in [1.29, 1.82) is 0 Å². The number of nitrogens with one attached hydrogen (secondary N) is 2. The molecule has 2 aromatic carbocycles. The van der Waals surface area contributed by atoms with Crippen molar-refractivity contribution in [3.05, 3.63) is 48.0 Å². The highest BCUT2D eigenvalue weighted by atomic mass is 32.1. The number of thiocarbonyl (C=S) groups is 1. The van der Waals surface area contributed by atoms with Gasteiger partial charge >= 0.3 is 0 Å². The van der Waals surface area contributed by atoms with Crippen LogP contribution in [0.4, 0.5) is 11.4 Å². The zero-order valence-electron chi connectivity index (χ0n) is 13.8. The standard InChI is InChI=1S/C18H22N2O2S/c1-12(2)13-6-5-7-14(10-13)19-18(23)20-16-9-8-15(21-3)11-17(16)22-4/h5-12H,1-4H3,(H2,19,20,23). The predicted molar refractivity (Wildman–Crippen MR) is 99.9 cm³/mol. The summed E-state index contributed by atoms with van der Waals surface area (Å²) in [4.78, 5) is 0. The molecule has 0 heterocycles. The highest BCUT2D eigenvalue weighted by Crippen LogP contribution is 2.29. The molecular weight excluding hydrogens is 308 g/mol. The summed E-state index contributed by atoms with van der Waals surface area (Å²) in [5, 5.41) is 6.86. The first-order chi connectivity index (χ1) is 11.0. The maximum Gasteiger partial charge on any atom is 0.175 e. The SMILES string of the molecule is COc1ccc(NC(=S)Nc2cccc(C(C)C)c2)c(OC)c1. The number of benzene rings is 2. The van der Waals surface area contributed by atoms with Crippen LogP contribution in [0.3, 0.4) is 0 Å². The highest BCUT2D eigenvalue weighted by molar-refractivity contribution is 7.80. The molecule has 4 nitrogen and oxygen atoms in total. The first-order valence-electron chi connectivity index (χ1n) is 7.43. The van der Waals surface area contributed by atoms with Gasteiger partial charge in [0.2, 0.25) is 0 Å². The molecule has 0 saturated heterocycles. The van der Waals surface area contributed by atoms with Crippen molar-refractivity contribution < 1.29 is 9.47 Å². The summed E-state index contributed by atoms with van der Waals surface area (Å²) >= 11 is 5.39. The Balaban J connectivity index is 2.09. The Kier molecular flexibility index (Phi) is 5.82. The van der Waals surface area contributed by atoms with E-state index in [9.17, 15) is 0 Å². The number of rotatable bonds is 5. The van der Waals surface area contributed by atoms with Crippen LogP contribution in [0.2, 0.25) is 0 Å².